The second-order valence-electron chi connectivity index (χ2n) is 7.29. The molecule has 2 aromatic rings. The Balaban J connectivity index is 1.89. The first kappa shape index (κ1) is 20.8. The topological polar surface area (TPSA) is 66.5 Å². The number of hydrogen-bond donors (Lipinski definition) is 1. The Hall–Kier alpha value is -1.89. The fourth-order valence-corrected chi connectivity index (χ4v) is 5.53. The van der Waals surface area contributed by atoms with Crippen LogP contribution in [0.25, 0.3) is 0 Å². The summed E-state index contributed by atoms with van der Waals surface area (Å²) < 4.78 is 27.7. The third-order valence-corrected chi connectivity index (χ3v) is 7.24. The van der Waals surface area contributed by atoms with Crippen molar-refractivity contribution in [1.82, 2.24) is 4.31 Å². The van der Waals surface area contributed by atoms with Crippen LogP contribution in [-0.4, -0.2) is 31.7 Å². The highest BCUT2D eigenvalue weighted by Crippen LogP contribution is 2.28. The summed E-state index contributed by atoms with van der Waals surface area (Å²) in [6, 6.07) is 10.2. The SMILES string of the molecule is Cc1cc(C)cc(NC(=O)c2ccc(Cl)c(S(=O)(=O)N3CCCCCC3)c2)c1. The highest BCUT2D eigenvalue weighted by atomic mass is 35.5. The minimum atomic E-state index is -3.74. The minimum Gasteiger partial charge on any atom is -0.322 e. The summed E-state index contributed by atoms with van der Waals surface area (Å²) in [5, 5.41) is 2.97. The van der Waals surface area contributed by atoms with Gasteiger partial charge in [-0.3, -0.25) is 4.79 Å². The van der Waals surface area contributed by atoms with Crippen molar-refractivity contribution in [3.63, 3.8) is 0 Å². The summed E-state index contributed by atoms with van der Waals surface area (Å²) in [4.78, 5) is 12.7. The number of sulfonamides is 1. The van der Waals surface area contributed by atoms with Crippen molar-refractivity contribution in [2.24, 2.45) is 0 Å². The average molecular weight is 421 g/mol. The van der Waals surface area contributed by atoms with E-state index in [4.69, 9.17) is 11.6 Å². The first-order valence-corrected chi connectivity index (χ1v) is 11.3. The smallest absolute Gasteiger partial charge is 0.255 e. The second-order valence-corrected chi connectivity index (χ2v) is 9.61. The quantitative estimate of drug-likeness (QED) is 0.774. The van der Waals surface area contributed by atoms with E-state index in [1.54, 1.807) is 6.07 Å². The van der Waals surface area contributed by atoms with Crippen LogP contribution < -0.4 is 5.32 Å². The first-order valence-electron chi connectivity index (χ1n) is 9.47. The lowest BCUT2D eigenvalue weighted by atomic mass is 10.1. The number of amides is 1. The molecular weight excluding hydrogens is 396 g/mol. The van der Waals surface area contributed by atoms with Gasteiger partial charge in [-0.2, -0.15) is 4.31 Å². The van der Waals surface area contributed by atoms with E-state index in [-0.39, 0.29) is 21.4 Å². The zero-order chi connectivity index (χ0) is 20.3. The Labute approximate surface area is 171 Å². The molecule has 5 nitrogen and oxygen atoms in total. The molecule has 0 atom stereocenters. The molecule has 2 aromatic carbocycles. The van der Waals surface area contributed by atoms with Gasteiger partial charge in [0.25, 0.3) is 5.91 Å². The maximum absolute atomic E-state index is 13.1. The molecule has 150 valence electrons. The van der Waals surface area contributed by atoms with Gasteiger partial charge in [0.15, 0.2) is 0 Å². The van der Waals surface area contributed by atoms with Crippen LogP contribution in [0.4, 0.5) is 5.69 Å². The molecule has 0 bridgehead atoms. The summed E-state index contributed by atoms with van der Waals surface area (Å²) in [5.74, 6) is -0.367. The number of aryl methyl sites for hydroxylation is 2. The molecule has 0 unspecified atom stereocenters. The lowest BCUT2D eigenvalue weighted by Crippen LogP contribution is -2.32. The largest absolute Gasteiger partial charge is 0.322 e. The molecule has 0 saturated carbocycles. The number of nitrogens with one attached hydrogen (secondary N) is 1. The molecule has 0 radical (unpaired) electrons. The van der Waals surface area contributed by atoms with Gasteiger partial charge in [0.05, 0.1) is 5.02 Å². The number of halogens is 1. The van der Waals surface area contributed by atoms with Crippen LogP contribution in [0, 0.1) is 13.8 Å². The molecule has 1 heterocycles. The van der Waals surface area contributed by atoms with E-state index in [0.29, 0.717) is 18.8 Å². The predicted octanol–water partition coefficient (Wildman–Crippen LogP) is 4.77. The van der Waals surface area contributed by atoms with Crippen LogP contribution >= 0.6 is 11.6 Å². The van der Waals surface area contributed by atoms with Crippen molar-refractivity contribution in [3.05, 3.63) is 58.1 Å². The van der Waals surface area contributed by atoms with E-state index in [9.17, 15) is 13.2 Å². The van der Waals surface area contributed by atoms with Gasteiger partial charge in [-0.25, -0.2) is 8.42 Å². The van der Waals surface area contributed by atoms with Crippen LogP contribution in [0.2, 0.25) is 5.02 Å². The van der Waals surface area contributed by atoms with Gasteiger partial charge < -0.3 is 5.32 Å². The van der Waals surface area contributed by atoms with E-state index in [1.807, 2.05) is 32.0 Å². The molecule has 1 N–H and O–H groups in total. The maximum atomic E-state index is 13.1. The molecule has 0 aliphatic carbocycles. The number of benzene rings is 2. The van der Waals surface area contributed by atoms with E-state index in [2.05, 4.69) is 5.32 Å². The molecule has 0 aromatic heterocycles. The fraction of sp³-hybridized carbons (Fsp3) is 0.381. The van der Waals surface area contributed by atoms with Gasteiger partial charge in [-0.05, 0) is 68.1 Å². The molecule has 0 spiro atoms. The predicted molar refractivity (Wildman–Crippen MR) is 113 cm³/mol. The lowest BCUT2D eigenvalue weighted by molar-refractivity contribution is 0.102. The minimum absolute atomic E-state index is 0.0101. The normalized spacial score (nSPS) is 15.8. The Bertz CT molecular complexity index is 961. The molecule has 28 heavy (non-hydrogen) atoms. The zero-order valence-corrected chi connectivity index (χ0v) is 17.7. The standard InChI is InChI=1S/C21H25ClN2O3S/c1-15-11-16(2)13-18(12-15)23-21(25)17-7-8-19(22)20(14-17)28(26,27)24-9-5-3-4-6-10-24/h7-8,11-14H,3-6,9-10H2,1-2H3,(H,23,25). The monoisotopic (exact) mass is 420 g/mol. The summed E-state index contributed by atoms with van der Waals surface area (Å²) in [5.41, 5.74) is 3.01. The first-order chi connectivity index (χ1) is 13.3. The van der Waals surface area contributed by atoms with Gasteiger partial charge in [0.2, 0.25) is 10.0 Å². The third-order valence-electron chi connectivity index (χ3n) is 4.86. The van der Waals surface area contributed by atoms with Crippen LogP contribution in [0.5, 0.6) is 0 Å². The van der Waals surface area contributed by atoms with Crippen LogP contribution in [0.15, 0.2) is 41.3 Å². The Kier molecular flexibility index (Phi) is 6.43. The molecular formula is C21H25ClN2O3S. The highest BCUT2D eigenvalue weighted by molar-refractivity contribution is 7.89. The lowest BCUT2D eigenvalue weighted by Gasteiger charge is -2.21. The van der Waals surface area contributed by atoms with Gasteiger partial charge in [-0.15, -0.1) is 0 Å². The van der Waals surface area contributed by atoms with E-state index < -0.39 is 10.0 Å². The summed E-state index contributed by atoms with van der Waals surface area (Å²) >= 11 is 6.21. The molecule has 3 rings (SSSR count). The van der Waals surface area contributed by atoms with Crippen molar-refractivity contribution >= 4 is 33.2 Å². The van der Waals surface area contributed by atoms with Gasteiger partial charge in [-0.1, -0.05) is 30.5 Å². The molecule has 1 saturated heterocycles. The average Bonchev–Trinajstić information content (AvgIpc) is 2.91. The van der Waals surface area contributed by atoms with Gasteiger partial charge >= 0.3 is 0 Å². The van der Waals surface area contributed by atoms with Crippen molar-refractivity contribution in [2.75, 3.05) is 18.4 Å². The summed E-state index contributed by atoms with van der Waals surface area (Å²) in [6.07, 6.45) is 3.73. The zero-order valence-electron chi connectivity index (χ0n) is 16.2. The van der Waals surface area contributed by atoms with Gasteiger partial charge in [0.1, 0.15) is 4.90 Å². The number of rotatable bonds is 4. The van der Waals surface area contributed by atoms with Crippen LogP contribution in [0.1, 0.15) is 47.2 Å². The number of carbonyl (C=O) groups is 1. The van der Waals surface area contributed by atoms with Crippen LogP contribution in [0.3, 0.4) is 0 Å². The number of anilines is 1. The highest BCUT2D eigenvalue weighted by Gasteiger charge is 2.28. The molecule has 7 heteroatoms. The van der Waals surface area contributed by atoms with Gasteiger partial charge in [0, 0.05) is 24.3 Å². The summed E-state index contributed by atoms with van der Waals surface area (Å²) in [6.45, 7) is 4.88. The van der Waals surface area contributed by atoms with E-state index in [1.165, 1.54) is 16.4 Å². The van der Waals surface area contributed by atoms with Crippen molar-refractivity contribution in [1.29, 1.82) is 0 Å². The molecule has 1 fully saturated rings. The Morgan fingerprint density at radius 1 is 0.964 bits per heavy atom. The van der Waals surface area contributed by atoms with E-state index >= 15 is 0 Å². The third kappa shape index (κ3) is 4.74. The summed E-state index contributed by atoms with van der Waals surface area (Å²) in [7, 11) is -3.74. The maximum Gasteiger partial charge on any atom is 0.255 e. The Morgan fingerprint density at radius 3 is 2.18 bits per heavy atom. The van der Waals surface area contributed by atoms with Crippen molar-refractivity contribution < 1.29 is 13.2 Å². The van der Waals surface area contributed by atoms with E-state index in [0.717, 1.165) is 36.8 Å². The van der Waals surface area contributed by atoms with Crippen LogP contribution in [-0.2, 0) is 10.0 Å². The van der Waals surface area contributed by atoms with Crippen molar-refractivity contribution in [3.8, 4) is 0 Å². The van der Waals surface area contributed by atoms with Crippen molar-refractivity contribution in [2.45, 2.75) is 44.4 Å². The molecule has 1 aliphatic heterocycles. The Morgan fingerprint density at radius 2 is 1.57 bits per heavy atom. The fourth-order valence-electron chi connectivity index (χ4n) is 3.51. The number of carbonyl (C=O) groups excluding carboxylic acids is 1. The second kappa shape index (κ2) is 8.64. The number of nitrogens with zero attached hydrogens (tertiary/aromatic N) is 1. The number of hydrogen-bond acceptors (Lipinski definition) is 3. The molecule has 1 aliphatic rings. The molecule has 1 amide bonds.